The van der Waals surface area contributed by atoms with Crippen LogP contribution in [0.15, 0.2) is 34.0 Å². The van der Waals surface area contributed by atoms with Crippen LogP contribution in [0.5, 0.6) is 0 Å². The number of nitrogens with zero attached hydrogens (tertiary/aromatic N) is 3. The number of ketones is 1. The first kappa shape index (κ1) is 20.1. The maximum Gasteiger partial charge on any atom is 0.328 e. The summed E-state index contributed by atoms with van der Waals surface area (Å²) in [7, 11) is 0. The highest BCUT2D eigenvalue weighted by molar-refractivity contribution is 7.98. The Morgan fingerprint density at radius 2 is 2.13 bits per heavy atom. The molecule has 0 atom stereocenters. The van der Waals surface area contributed by atoms with Gasteiger partial charge in [-0.05, 0) is 31.2 Å². The average molecular weight is 427 g/mol. The molecule has 3 aromatic heterocycles. The second-order valence-electron chi connectivity index (χ2n) is 7.06. The molecule has 4 heterocycles. The second-order valence-corrected chi connectivity index (χ2v) is 8.17. The molecule has 1 aliphatic heterocycles. The molecule has 0 saturated carbocycles. The number of hydrogen-bond donors (Lipinski definition) is 2. The third-order valence-electron chi connectivity index (χ3n) is 5.12. The van der Waals surface area contributed by atoms with Gasteiger partial charge in [-0.25, -0.2) is 9.78 Å². The van der Waals surface area contributed by atoms with E-state index in [1.165, 1.54) is 4.57 Å². The van der Waals surface area contributed by atoms with Crippen molar-refractivity contribution in [2.45, 2.75) is 32.1 Å². The molecule has 0 saturated heterocycles. The minimum atomic E-state index is -0.504. The van der Waals surface area contributed by atoms with Crippen LogP contribution in [0.2, 0.25) is 0 Å². The summed E-state index contributed by atoms with van der Waals surface area (Å²) in [6.45, 7) is 1.75. The van der Waals surface area contributed by atoms with Gasteiger partial charge in [-0.1, -0.05) is 6.07 Å². The molecular weight excluding hydrogens is 406 g/mol. The Labute approximate surface area is 175 Å². The molecule has 4 rings (SSSR count). The van der Waals surface area contributed by atoms with Gasteiger partial charge in [0.05, 0.1) is 12.2 Å². The first-order valence-corrected chi connectivity index (χ1v) is 10.8. The molecular formula is C20H21N5O4S. The van der Waals surface area contributed by atoms with Gasteiger partial charge < -0.3 is 5.32 Å². The summed E-state index contributed by atoms with van der Waals surface area (Å²) in [4.78, 5) is 55.8. The Balaban J connectivity index is 1.41. The molecule has 0 aromatic carbocycles. The minimum absolute atomic E-state index is 0.0327. The number of nitrogens with one attached hydrogen (secondary N) is 2. The van der Waals surface area contributed by atoms with Gasteiger partial charge in [-0.3, -0.25) is 28.3 Å². The first-order valence-electron chi connectivity index (χ1n) is 9.62. The molecule has 2 N–H and O–H groups in total. The van der Waals surface area contributed by atoms with Gasteiger partial charge in [0.25, 0.3) is 5.56 Å². The normalized spacial score (nSPS) is 13.2. The highest BCUT2D eigenvalue weighted by atomic mass is 32.2. The number of aromatic nitrogens is 4. The molecule has 1 aliphatic rings. The number of amides is 1. The highest BCUT2D eigenvalue weighted by Gasteiger charge is 2.20. The summed E-state index contributed by atoms with van der Waals surface area (Å²) in [5, 5.41) is 2.62. The van der Waals surface area contributed by atoms with Crippen molar-refractivity contribution < 1.29 is 9.59 Å². The molecule has 0 bridgehead atoms. The van der Waals surface area contributed by atoms with Crippen molar-refractivity contribution in [3.8, 4) is 0 Å². The number of carbonyl (C=O) groups is 2. The summed E-state index contributed by atoms with van der Waals surface area (Å²) >= 11 is 1.64. The van der Waals surface area contributed by atoms with E-state index in [1.807, 2.05) is 18.2 Å². The van der Waals surface area contributed by atoms with Crippen molar-refractivity contribution in [3.63, 3.8) is 0 Å². The van der Waals surface area contributed by atoms with Gasteiger partial charge >= 0.3 is 5.69 Å². The molecule has 30 heavy (non-hydrogen) atoms. The number of carbonyl (C=O) groups excluding carboxylic acids is 2. The van der Waals surface area contributed by atoms with Crippen molar-refractivity contribution in [2.75, 3.05) is 12.3 Å². The maximum absolute atomic E-state index is 12.6. The van der Waals surface area contributed by atoms with Gasteiger partial charge in [-0.15, -0.1) is 0 Å². The van der Waals surface area contributed by atoms with Crippen LogP contribution < -0.4 is 16.6 Å². The monoisotopic (exact) mass is 427 g/mol. The number of aryl methyl sites for hydroxylation is 1. The lowest BCUT2D eigenvalue weighted by molar-refractivity contribution is -0.121. The summed E-state index contributed by atoms with van der Waals surface area (Å²) < 4.78 is 3.17. The quantitative estimate of drug-likeness (QED) is 0.558. The van der Waals surface area contributed by atoms with E-state index in [-0.39, 0.29) is 36.8 Å². The van der Waals surface area contributed by atoms with Crippen molar-refractivity contribution in [1.82, 2.24) is 24.3 Å². The van der Waals surface area contributed by atoms with E-state index in [4.69, 9.17) is 0 Å². The third kappa shape index (κ3) is 3.82. The standard InChI is InChI=1S/C20H21N5O4S/c1-12-18(25-7-3-2-4-16(25)22-12)15(26)10-21-17(27)5-8-24-14-6-9-30-11-13(14)19(28)23-20(24)29/h2-4,7H,5-6,8-11H2,1H3,(H,21,27)(H,23,28,29). The Hall–Kier alpha value is -3.14. The number of rotatable bonds is 6. The molecule has 10 heteroatoms. The molecule has 0 unspecified atom stereocenters. The zero-order valence-corrected chi connectivity index (χ0v) is 17.3. The van der Waals surface area contributed by atoms with E-state index in [9.17, 15) is 19.2 Å². The van der Waals surface area contributed by atoms with E-state index in [2.05, 4.69) is 15.3 Å². The number of Topliss-reactive ketones (excluding diaryl/α,β-unsaturated/α-hetero) is 1. The fourth-order valence-electron chi connectivity index (χ4n) is 3.68. The van der Waals surface area contributed by atoms with Crippen LogP contribution >= 0.6 is 11.8 Å². The first-order chi connectivity index (χ1) is 14.5. The molecule has 0 fully saturated rings. The van der Waals surface area contributed by atoms with Crippen molar-refractivity contribution >= 4 is 29.1 Å². The fourth-order valence-corrected chi connectivity index (χ4v) is 4.67. The van der Waals surface area contributed by atoms with E-state index in [1.54, 1.807) is 29.3 Å². The second kappa shape index (κ2) is 8.31. The van der Waals surface area contributed by atoms with Gasteiger partial charge in [0.2, 0.25) is 11.7 Å². The predicted molar refractivity (Wildman–Crippen MR) is 113 cm³/mol. The maximum atomic E-state index is 12.6. The number of pyridine rings is 1. The lowest BCUT2D eigenvalue weighted by atomic mass is 10.2. The Kier molecular flexibility index (Phi) is 5.58. The lowest BCUT2D eigenvalue weighted by Gasteiger charge is -2.19. The van der Waals surface area contributed by atoms with Crippen LogP contribution in [-0.2, 0) is 23.5 Å². The number of H-pyrrole nitrogens is 1. The molecule has 0 aliphatic carbocycles. The van der Waals surface area contributed by atoms with Crippen molar-refractivity contribution in [1.29, 1.82) is 0 Å². The van der Waals surface area contributed by atoms with E-state index in [0.717, 1.165) is 5.75 Å². The van der Waals surface area contributed by atoms with Crippen LogP contribution in [0.1, 0.15) is 33.9 Å². The fraction of sp³-hybridized carbons (Fsp3) is 0.350. The molecule has 0 spiro atoms. The van der Waals surface area contributed by atoms with E-state index in [0.29, 0.717) is 40.5 Å². The molecule has 3 aromatic rings. The molecule has 0 radical (unpaired) electrons. The zero-order valence-electron chi connectivity index (χ0n) is 16.4. The topological polar surface area (TPSA) is 118 Å². The van der Waals surface area contributed by atoms with Gasteiger partial charge in [0, 0.05) is 36.2 Å². The molecule has 156 valence electrons. The number of aromatic amines is 1. The summed E-state index contributed by atoms with van der Waals surface area (Å²) in [5.41, 5.74) is 2.16. The van der Waals surface area contributed by atoms with Crippen molar-refractivity contribution in [2.24, 2.45) is 0 Å². The van der Waals surface area contributed by atoms with Gasteiger partial charge in [0.1, 0.15) is 11.3 Å². The van der Waals surface area contributed by atoms with Crippen LogP contribution in [0.4, 0.5) is 0 Å². The van der Waals surface area contributed by atoms with Crippen molar-refractivity contribution in [3.05, 3.63) is 67.9 Å². The van der Waals surface area contributed by atoms with Crippen LogP contribution in [0.25, 0.3) is 5.65 Å². The smallest absolute Gasteiger partial charge is 0.328 e. The average Bonchev–Trinajstić information content (AvgIpc) is 3.07. The van der Waals surface area contributed by atoms with Gasteiger partial charge in [0.15, 0.2) is 0 Å². The van der Waals surface area contributed by atoms with E-state index < -0.39 is 5.69 Å². The predicted octanol–water partition coefficient (Wildman–Crippen LogP) is 0.671. The highest BCUT2D eigenvalue weighted by Crippen LogP contribution is 2.20. The SMILES string of the molecule is Cc1nc2ccccn2c1C(=O)CNC(=O)CCn1c2c(c(=O)[nH]c1=O)CSCC2. The third-order valence-corrected chi connectivity index (χ3v) is 6.11. The number of fused-ring (bicyclic) bond motifs is 2. The summed E-state index contributed by atoms with van der Waals surface area (Å²) in [6, 6.07) is 5.46. The Bertz CT molecular complexity index is 1260. The molecule has 1 amide bonds. The number of thioether (sulfide) groups is 1. The Morgan fingerprint density at radius 3 is 2.97 bits per heavy atom. The van der Waals surface area contributed by atoms with Crippen LogP contribution in [-0.4, -0.2) is 42.9 Å². The van der Waals surface area contributed by atoms with Gasteiger partial charge in [-0.2, -0.15) is 11.8 Å². The summed E-state index contributed by atoms with van der Waals surface area (Å²) in [6.07, 6.45) is 2.41. The van der Waals surface area contributed by atoms with Crippen LogP contribution in [0, 0.1) is 6.92 Å². The minimum Gasteiger partial charge on any atom is -0.349 e. The number of hydrogen-bond acceptors (Lipinski definition) is 6. The largest absolute Gasteiger partial charge is 0.349 e. The van der Waals surface area contributed by atoms with Crippen LogP contribution in [0.3, 0.4) is 0 Å². The van der Waals surface area contributed by atoms with E-state index >= 15 is 0 Å². The summed E-state index contributed by atoms with van der Waals surface area (Å²) in [5.74, 6) is 0.807. The Morgan fingerprint density at radius 1 is 1.30 bits per heavy atom. The lowest BCUT2D eigenvalue weighted by Crippen LogP contribution is -2.38. The number of imidazole rings is 1. The molecule has 9 nitrogen and oxygen atoms in total. The zero-order chi connectivity index (χ0) is 21.3.